The van der Waals surface area contributed by atoms with Crippen LogP contribution in [0.4, 0.5) is 0 Å². The number of carbonyl (C=O) groups is 2. The lowest BCUT2D eigenvalue weighted by Gasteiger charge is -2.38. The quantitative estimate of drug-likeness (QED) is 0.659. The van der Waals surface area contributed by atoms with E-state index in [9.17, 15) is 9.59 Å². The normalized spacial score (nSPS) is 14.4. The molecule has 0 aromatic heterocycles. The van der Waals surface area contributed by atoms with Crippen molar-refractivity contribution in [3.05, 3.63) is 65.7 Å². The molecule has 1 aliphatic heterocycles. The molecular weight excluding hydrogens is 376 g/mol. The van der Waals surface area contributed by atoms with Gasteiger partial charge in [-0.15, -0.1) is 0 Å². The highest BCUT2D eigenvalue weighted by Crippen LogP contribution is 2.22. The predicted molar refractivity (Wildman–Crippen MR) is 119 cm³/mol. The number of ether oxygens (including phenoxy) is 1. The number of benzene rings is 2. The van der Waals surface area contributed by atoms with Gasteiger partial charge in [0.2, 0.25) is 5.91 Å². The first kappa shape index (κ1) is 21.9. The van der Waals surface area contributed by atoms with Gasteiger partial charge in [-0.3, -0.25) is 9.59 Å². The Morgan fingerprint density at radius 2 is 1.70 bits per heavy atom. The van der Waals surface area contributed by atoms with E-state index < -0.39 is 0 Å². The van der Waals surface area contributed by atoms with Gasteiger partial charge in [0.05, 0.1) is 7.11 Å². The van der Waals surface area contributed by atoms with Crippen LogP contribution in [0.5, 0.6) is 5.75 Å². The molecule has 1 heterocycles. The summed E-state index contributed by atoms with van der Waals surface area (Å²) in [6.45, 7) is 4.26. The third kappa shape index (κ3) is 5.41. The Kier molecular flexibility index (Phi) is 7.89. The van der Waals surface area contributed by atoms with Gasteiger partial charge >= 0.3 is 0 Å². The molecule has 1 fully saturated rings. The molecule has 3 rings (SSSR count). The van der Waals surface area contributed by atoms with Crippen molar-refractivity contribution < 1.29 is 14.3 Å². The second-order valence-electron chi connectivity index (χ2n) is 7.79. The summed E-state index contributed by atoms with van der Waals surface area (Å²) in [6, 6.07) is 17.5. The Morgan fingerprint density at radius 1 is 1.03 bits per heavy atom. The molecule has 0 saturated carbocycles. The highest BCUT2D eigenvalue weighted by Gasteiger charge is 2.29. The molecule has 0 N–H and O–H groups in total. The first-order valence-electron chi connectivity index (χ1n) is 10.9. The topological polar surface area (TPSA) is 49.9 Å². The smallest absolute Gasteiger partial charge is 0.253 e. The van der Waals surface area contributed by atoms with E-state index in [1.54, 1.807) is 7.11 Å². The first-order chi connectivity index (χ1) is 14.6. The van der Waals surface area contributed by atoms with Crippen molar-refractivity contribution in [2.24, 2.45) is 0 Å². The molecule has 0 bridgehead atoms. The third-order valence-corrected chi connectivity index (χ3v) is 5.80. The first-order valence-corrected chi connectivity index (χ1v) is 10.9. The van der Waals surface area contributed by atoms with Gasteiger partial charge in [-0.1, -0.05) is 43.3 Å². The second kappa shape index (κ2) is 10.8. The Labute approximate surface area is 179 Å². The van der Waals surface area contributed by atoms with Gasteiger partial charge in [0, 0.05) is 37.7 Å². The van der Waals surface area contributed by atoms with Gasteiger partial charge in [0.15, 0.2) is 0 Å². The molecule has 0 unspecified atom stereocenters. The molecule has 2 amide bonds. The summed E-state index contributed by atoms with van der Waals surface area (Å²) in [6.07, 6.45) is 3.75. The summed E-state index contributed by atoms with van der Waals surface area (Å²) < 4.78 is 5.41. The van der Waals surface area contributed by atoms with Crippen molar-refractivity contribution in [2.75, 3.05) is 26.7 Å². The van der Waals surface area contributed by atoms with Crippen LogP contribution < -0.4 is 4.74 Å². The fourth-order valence-corrected chi connectivity index (χ4v) is 4.19. The lowest BCUT2D eigenvalue weighted by molar-refractivity contribution is -0.134. The minimum absolute atomic E-state index is 0.0820. The molecule has 5 heteroatoms. The molecule has 30 heavy (non-hydrogen) atoms. The molecule has 0 radical (unpaired) electrons. The average molecular weight is 409 g/mol. The molecule has 1 saturated heterocycles. The lowest BCUT2D eigenvalue weighted by Crippen LogP contribution is -2.49. The maximum Gasteiger partial charge on any atom is 0.253 e. The van der Waals surface area contributed by atoms with Gasteiger partial charge in [0.25, 0.3) is 5.91 Å². The van der Waals surface area contributed by atoms with Crippen molar-refractivity contribution in [3.8, 4) is 5.75 Å². The standard InChI is InChI=1S/C25H32N2O3/c1-3-17-27(24(28)14-13-20-9-7-8-12-23(20)30-2)22-15-18-26(19-16-22)25(29)21-10-5-4-6-11-21/h4-12,22H,3,13-19H2,1-2H3. The molecule has 0 spiro atoms. The SMILES string of the molecule is CCCN(C(=O)CCc1ccccc1OC)C1CCN(C(=O)c2ccccc2)CC1. The van der Waals surface area contributed by atoms with Gasteiger partial charge in [-0.05, 0) is 49.4 Å². The maximum absolute atomic E-state index is 13.0. The van der Waals surface area contributed by atoms with Crippen LogP contribution in [0.2, 0.25) is 0 Å². The number of rotatable bonds is 8. The summed E-state index contributed by atoms with van der Waals surface area (Å²) in [5, 5.41) is 0. The minimum Gasteiger partial charge on any atom is -0.496 e. The number of likely N-dealkylation sites (tertiary alicyclic amines) is 1. The summed E-state index contributed by atoms with van der Waals surface area (Å²) >= 11 is 0. The number of amides is 2. The molecule has 0 atom stereocenters. The Bertz CT molecular complexity index is 829. The maximum atomic E-state index is 13.0. The van der Waals surface area contributed by atoms with Crippen molar-refractivity contribution in [1.29, 1.82) is 0 Å². The molecule has 0 aliphatic carbocycles. The molecule has 160 valence electrons. The predicted octanol–water partition coefficient (Wildman–Crippen LogP) is 4.17. The van der Waals surface area contributed by atoms with E-state index in [0.717, 1.165) is 42.7 Å². The number of para-hydroxylation sites is 1. The second-order valence-corrected chi connectivity index (χ2v) is 7.79. The molecule has 1 aliphatic rings. The number of piperidine rings is 1. The largest absolute Gasteiger partial charge is 0.496 e. The van der Waals surface area contributed by atoms with Crippen LogP contribution in [0.15, 0.2) is 54.6 Å². The van der Waals surface area contributed by atoms with Crippen LogP contribution in [-0.2, 0) is 11.2 Å². The van der Waals surface area contributed by atoms with E-state index in [4.69, 9.17) is 4.74 Å². The highest BCUT2D eigenvalue weighted by atomic mass is 16.5. The Hall–Kier alpha value is -2.82. The zero-order chi connectivity index (χ0) is 21.3. The summed E-state index contributed by atoms with van der Waals surface area (Å²) in [4.78, 5) is 29.7. The van der Waals surface area contributed by atoms with Crippen molar-refractivity contribution >= 4 is 11.8 Å². The average Bonchev–Trinajstić information content (AvgIpc) is 2.81. The van der Waals surface area contributed by atoms with E-state index >= 15 is 0 Å². The van der Waals surface area contributed by atoms with Crippen molar-refractivity contribution in [3.63, 3.8) is 0 Å². The number of nitrogens with zero attached hydrogens (tertiary/aromatic N) is 2. The van der Waals surface area contributed by atoms with E-state index in [1.165, 1.54) is 0 Å². The molecule has 5 nitrogen and oxygen atoms in total. The van der Waals surface area contributed by atoms with Gasteiger partial charge < -0.3 is 14.5 Å². The van der Waals surface area contributed by atoms with E-state index in [0.29, 0.717) is 25.9 Å². The fourth-order valence-electron chi connectivity index (χ4n) is 4.19. The van der Waals surface area contributed by atoms with Crippen LogP contribution in [0.25, 0.3) is 0 Å². The molecular formula is C25H32N2O3. The molecule has 2 aromatic rings. The van der Waals surface area contributed by atoms with Gasteiger partial charge in [-0.25, -0.2) is 0 Å². The van der Waals surface area contributed by atoms with Crippen LogP contribution in [0.3, 0.4) is 0 Å². The fraction of sp³-hybridized carbons (Fsp3) is 0.440. The Morgan fingerprint density at radius 3 is 2.37 bits per heavy atom. The number of hydrogen-bond donors (Lipinski definition) is 0. The minimum atomic E-state index is 0.0820. The summed E-state index contributed by atoms with van der Waals surface area (Å²) in [7, 11) is 1.66. The van der Waals surface area contributed by atoms with E-state index in [-0.39, 0.29) is 17.9 Å². The monoisotopic (exact) mass is 408 g/mol. The Balaban J connectivity index is 1.57. The lowest BCUT2D eigenvalue weighted by atomic mass is 10.0. The van der Waals surface area contributed by atoms with E-state index in [2.05, 4.69) is 6.92 Å². The van der Waals surface area contributed by atoms with Crippen molar-refractivity contribution in [1.82, 2.24) is 9.80 Å². The summed E-state index contributed by atoms with van der Waals surface area (Å²) in [5.74, 6) is 1.11. The van der Waals surface area contributed by atoms with Gasteiger partial charge in [-0.2, -0.15) is 0 Å². The number of aryl methyl sites for hydroxylation is 1. The zero-order valence-electron chi connectivity index (χ0n) is 18.0. The zero-order valence-corrected chi connectivity index (χ0v) is 18.0. The van der Waals surface area contributed by atoms with Gasteiger partial charge in [0.1, 0.15) is 5.75 Å². The van der Waals surface area contributed by atoms with Crippen molar-refractivity contribution in [2.45, 2.75) is 45.1 Å². The summed E-state index contributed by atoms with van der Waals surface area (Å²) in [5.41, 5.74) is 1.79. The number of carbonyl (C=O) groups excluding carboxylic acids is 2. The highest BCUT2D eigenvalue weighted by molar-refractivity contribution is 5.94. The third-order valence-electron chi connectivity index (χ3n) is 5.80. The van der Waals surface area contributed by atoms with Crippen LogP contribution >= 0.6 is 0 Å². The molecule has 2 aromatic carbocycles. The van der Waals surface area contributed by atoms with Crippen LogP contribution in [-0.4, -0.2) is 54.4 Å². The number of methoxy groups -OCH3 is 1. The van der Waals surface area contributed by atoms with E-state index in [1.807, 2.05) is 64.4 Å². The van der Waals surface area contributed by atoms with Crippen LogP contribution in [0.1, 0.15) is 48.5 Å². The number of hydrogen-bond acceptors (Lipinski definition) is 3. The van der Waals surface area contributed by atoms with Crippen LogP contribution in [0, 0.1) is 0 Å².